The third kappa shape index (κ3) is 8.51. The van der Waals surface area contributed by atoms with Gasteiger partial charge in [0.1, 0.15) is 24.3 Å². The summed E-state index contributed by atoms with van der Waals surface area (Å²) in [7, 11) is -4.32. The molecule has 2 aliphatic carbocycles. The third-order valence-corrected chi connectivity index (χ3v) is 17.1. The molecule has 3 N–H and O–H groups in total. The van der Waals surface area contributed by atoms with Gasteiger partial charge in [-0.05, 0) is 66.7 Å². The van der Waals surface area contributed by atoms with E-state index in [4.69, 9.17) is 14.2 Å². The number of alkyl carbamates (subject to hydrolysis) is 1. The Morgan fingerprint density at radius 1 is 1.05 bits per heavy atom. The van der Waals surface area contributed by atoms with Gasteiger partial charge in [-0.3, -0.25) is 14.4 Å². The second-order valence-corrected chi connectivity index (χ2v) is 22.0. The molecule has 5 aliphatic rings. The van der Waals surface area contributed by atoms with Crippen LogP contribution in [0.5, 0.6) is 5.88 Å². The van der Waals surface area contributed by atoms with Crippen molar-refractivity contribution in [3.63, 3.8) is 0 Å². The molecule has 7 rings (SSSR count). The van der Waals surface area contributed by atoms with Gasteiger partial charge in [-0.2, -0.15) is 8.78 Å². The number of carbonyl (C=O) groups is 4. The summed E-state index contributed by atoms with van der Waals surface area (Å²) in [6.07, 6.45) is -3.53. The van der Waals surface area contributed by atoms with E-state index >= 15 is 8.78 Å². The molecule has 3 fully saturated rings. The van der Waals surface area contributed by atoms with Gasteiger partial charge in [0.15, 0.2) is 9.24 Å². The number of amides is 4. The number of nitrogens with one attached hydrogen (secondary N) is 3. The highest BCUT2D eigenvalue weighted by Gasteiger charge is 2.59. The molecule has 2 aromatic rings. The van der Waals surface area contributed by atoms with Gasteiger partial charge in [-0.25, -0.2) is 36.7 Å². The molecule has 21 heteroatoms. The molecule has 3 aliphatic heterocycles. The smallest absolute Gasteiger partial charge is 0.408 e. The number of aromatic nitrogens is 2. The van der Waals surface area contributed by atoms with Gasteiger partial charge in [-0.1, -0.05) is 59.7 Å². The van der Waals surface area contributed by atoms with Gasteiger partial charge in [0.05, 0.1) is 41.0 Å². The topological polar surface area (TPSA) is 195 Å². The minimum Gasteiger partial charge on any atom is -0.471 e. The number of benzene rings is 1. The summed E-state index contributed by atoms with van der Waals surface area (Å²) in [6, 6.07) is 3.27. The van der Waals surface area contributed by atoms with E-state index in [2.05, 4.69) is 20.6 Å². The number of carbonyl (C=O) groups excluding carboxylic acids is 4. The lowest BCUT2D eigenvalue weighted by Crippen LogP contribution is -2.68. The molecule has 0 spiro atoms. The van der Waals surface area contributed by atoms with Crippen LogP contribution in [0.4, 0.5) is 22.4 Å². The summed E-state index contributed by atoms with van der Waals surface area (Å²) in [6.45, 7) is 5.65. The van der Waals surface area contributed by atoms with Crippen molar-refractivity contribution in [3.05, 3.63) is 42.1 Å². The van der Waals surface area contributed by atoms with Crippen molar-refractivity contribution in [3.8, 4) is 5.88 Å². The first-order chi connectivity index (χ1) is 27.6. The van der Waals surface area contributed by atoms with E-state index in [0.717, 1.165) is 11.0 Å². The average Bonchev–Trinajstić information content (AvgIpc) is 3.55. The molecule has 15 nitrogen and oxygen atoms in total. The van der Waals surface area contributed by atoms with Crippen LogP contribution in [0, 0.1) is 11.3 Å². The largest absolute Gasteiger partial charge is 0.471 e. The van der Waals surface area contributed by atoms with E-state index in [1.54, 1.807) is 32.9 Å². The second-order valence-electron chi connectivity index (χ2n) is 16.7. The number of hydrogen-bond donors (Lipinski definition) is 3. The summed E-state index contributed by atoms with van der Waals surface area (Å²) in [5.74, 6) is -9.48. The number of rotatable bonds is 6. The van der Waals surface area contributed by atoms with Crippen molar-refractivity contribution >= 4 is 69.6 Å². The van der Waals surface area contributed by atoms with Gasteiger partial charge in [0.25, 0.3) is 5.91 Å². The number of hydrogen-bond acceptors (Lipinski definition) is 11. The van der Waals surface area contributed by atoms with Crippen molar-refractivity contribution in [2.45, 2.75) is 117 Å². The lowest BCUT2D eigenvalue weighted by Gasteiger charge is -2.42. The number of allylic oxidation sites excluding steroid dienone is 1. The maximum Gasteiger partial charge on any atom is 0.408 e. The zero-order valence-corrected chi connectivity index (χ0v) is 35.5. The summed E-state index contributed by atoms with van der Waals surface area (Å²) in [5.41, 5.74) is -1.56. The number of halogens is 5. The molecule has 59 heavy (non-hydrogen) atoms. The number of nitrogens with zero attached hydrogens (tertiary/aromatic N) is 3. The molecule has 4 amide bonds. The van der Waals surface area contributed by atoms with Crippen LogP contribution in [0.25, 0.3) is 11.0 Å². The number of sulfonamides is 1. The quantitative estimate of drug-likeness (QED) is 0.124. The molecule has 7 atom stereocenters. The Bertz CT molecular complexity index is 2200. The van der Waals surface area contributed by atoms with Gasteiger partial charge < -0.3 is 29.7 Å². The SMILES string of the molecule is CC(C)(C)[C@@H]1NC(=O)O[C@@H]2CCC[C@H]2OC/C=C/C(F)(F)c2nc3ccccc3nc2O[C@@H]2C[C@@H](C(=O)N[C@]3(C(=O)NS(=O)(=O)C4(C)CC4)I=CC3C(F)F)N(C2)C1=O. The first-order valence-electron chi connectivity index (χ1n) is 19.2. The van der Waals surface area contributed by atoms with Gasteiger partial charge >= 0.3 is 12.0 Å². The van der Waals surface area contributed by atoms with E-state index in [1.165, 1.54) is 23.1 Å². The maximum atomic E-state index is 16.1. The predicted octanol–water partition coefficient (Wildman–Crippen LogP) is 4.20. The van der Waals surface area contributed by atoms with Crippen LogP contribution in [-0.4, -0.2) is 109 Å². The minimum atomic E-state index is -4.32. The first kappa shape index (κ1) is 43.1. The molecule has 2 bridgehead atoms. The molecule has 0 radical (unpaired) electrons. The van der Waals surface area contributed by atoms with Crippen LogP contribution < -0.4 is 20.1 Å². The molecule has 1 aromatic carbocycles. The Kier molecular flexibility index (Phi) is 11.5. The standard InChI is InChI=1S/C38H45F4IN6O9S/c1-35(2,3)28-32(51)49-19-20(17-24(49)30(50)47-38(21(18-43-38)29(39)40)33(52)48-59(54,55)36(4)14-15-36)57-31-27(44-22-9-5-6-10-23(22)45-31)37(41,42)13-8-16-56-25-11-7-12-26(25)58-34(53)46-28/h5-6,8-10,13,18,20-21,24-26,28-29H,7,11-12,14-17,19H2,1-4H3,(H,46,53)(H,47,50)(H,48,52)/b13-8+/t20-,21?,24+,25-,26-,28-,38-/m1/s1. The van der Waals surface area contributed by atoms with Crippen molar-refractivity contribution < 1.29 is 59.4 Å². The highest BCUT2D eigenvalue weighted by atomic mass is 127. The summed E-state index contributed by atoms with van der Waals surface area (Å²) >= 11 is -1.71. The fourth-order valence-electron chi connectivity index (χ4n) is 7.48. The molecule has 1 aromatic heterocycles. The number of ether oxygens (including phenoxy) is 3. The summed E-state index contributed by atoms with van der Waals surface area (Å²) in [4.78, 5) is 65.9. The van der Waals surface area contributed by atoms with Gasteiger partial charge in [-0.15, -0.1) is 0 Å². The van der Waals surface area contributed by atoms with Crippen molar-refractivity contribution in [1.29, 1.82) is 0 Å². The first-order valence-corrected chi connectivity index (χ1v) is 23.0. The minimum absolute atomic E-state index is 0.131. The third-order valence-electron chi connectivity index (χ3n) is 11.3. The molecule has 322 valence electrons. The monoisotopic (exact) mass is 964 g/mol. The van der Waals surface area contributed by atoms with Crippen LogP contribution in [0.1, 0.15) is 71.9 Å². The molecule has 2 saturated carbocycles. The molecular formula is C38H45F4IN6O9S. The van der Waals surface area contributed by atoms with E-state index < -0.39 is 141 Å². The normalized spacial score (nSPS) is 31.2. The highest BCUT2D eigenvalue weighted by molar-refractivity contribution is 14.2. The van der Waals surface area contributed by atoms with E-state index in [0.29, 0.717) is 25.3 Å². The molecular weight excluding hydrogens is 919 g/mol. The van der Waals surface area contributed by atoms with Crippen LogP contribution in [-0.2, 0) is 39.8 Å². The fourth-order valence-corrected chi connectivity index (χ4v) is 11.9. The van der Waals surface area contributed by atoms with Crippen LogP contribution in [0.15, 0.2) is 36.4 Å². The van der Waals surface area contributed by atoms with Crippen molar-refractivity contribution in [2.24, 2.45) is 11.3 Å². The molecule has 1 unspecified atom stereocenters. The summed E-state index contributed by atoms with van der Waals surface area (Å²) in [5, 5.41) is 5.03. The number of fused-ring (bicyclic) bond motifs is 5. The maximum absolute atomic E-state index is 16.1. The average molecular weight is 965 g/mol. The molecule has 1 saturated heterocycles. The highest BCUT2D eigenvalue weighted by Crippen LogP contribution is 2.46. The summed E-state index contributed by atoms with van der Waals surface area (Å²) < 4.78 is 104. The zero-order valence-electron chi connectivity index (χ0n) is 32.6. The predicted molar refractivity (Wildman–Crippen MR) is 212 cm³/mol. The Morgan fingerprint density at radius 3 is 2.36 bits per heavy atom. The van der Waals surface area contributed by atoms with Crippen LogP contribution in [0.2, 0.25) is 0 Å². The lowest BCUT2D eigenvalue weighted by molar-refractivity contribution is -0.143. The van der Waals surface area contributed by atoms with E-state index in [-0.39, 0.29) is 30.5 Å². The number of alkyl halides is 5. The Labute approximate surface area is 347 Å². The van der Waals surface area contributed by atoms with E-state index in [1.807, 2.05) is 4.72 Å². The number of para-hydroxylation sites is 2. The van der Waals surface area contributed by atoms with E-state index in [9.17, 15) is 36.4 Å². The Balaban J connectivity index is 1.28. The zero-order chi connectivity index (χ0) is 42.7. The Hall–Kier alpha value is -3.99. The van der Waals surface area contributed by atoms with Gasteiger partial charge in [0.2, 0.25) is 34.1 Å². The van der Waals surface area contributed by atoms with Crippen LogP contribution in [0.3, 0.4) is 0 Å². The molecule has 4 heterocycles. The second kappa shape index (κ2) is 15.8. The van der Waals surface area contributed by atoms with Crippen molar-refractivity contribution in [1.82, 2.24) is 30.2 Å². The fraction of sp³-hybridized carbons (Fsp3) is 0.605. The lowest BCUT2D eigenvalue weighted by atomic mass is 9.85. The van der Waals surface area contributed by atoms with Gasteiger partial charge in [0, 0.05) is 6.42 Å². The van der Waals surface area contributed by atoms with Crippen molar-refractivity contribution in [2.75, 3.05) is 13.2 Å². The Morgan fingerprint density at radius 2 is 1.73 bits per heavy atom. The van der Waals surface area contributed by atoms with Crippen LogP contribution >= 0.6 is 20.7 Å².